The molecule has 30 heavy (non-hydrogen) atoms. The number of carbonyl (C=O) groups excluding carboxylic acids is 1. The first-order valence-electron chi connectivity index (χ1n) is 10.1. The van der Waals surface area contributed by atoms with Crippen LogP contribution in [0.2, 0.25) is 0 Å². The van der Waals surface area contributed by atoms with Crippen molar-refractivity contribution >= 4 is 5.91 Å². The molecule has 4 rings (SSSR count). The van der Waals surface area contributed by atoms with Crippen molar-refractivity contribution < 1.29 is 29.2 Å². The smallest absolute Gasteiger partial charge is 0.249 e. The Balaban J connectivity index is 1.47. The normalized spacial score (nSPS) is 30.7. The van der Waals surface area contributed by atoms with E-state index in [0.717, 1.165) is 5.56 Å². The van der Waals surface area contributed by atoms with E-state index in [9.17, 15) is 15.0 Å². The Morgan fingerprint density at radius 2 is 2.07 bits per heavy atom. The summed E-state index contributed by atoms with van der Waals surface area (Å²) in [5.41, 5.74) is 1.73. The highest BCUT2D eigenvalue weighted by Gasteiger charge is 2.56. The van der Waals surface area contributed by atoms with Crippen LogP contribution >= 0.6 is 0 Å². The van der Waals surface area contributed by atoms with E-state index in [-0.39, 0.29) is 5.91 Å². The molecule has 0 spiro atoms. The molecule has 0 radical (unpaired) electrons. The zero-order chi connectivity index (χ0) is 21.3. The van der Waals surface area contributed by atoms with Crippen molar-refractivity contribution in [3.8, 4) is 0 Å². The van der Waals surface area contributed by atoms with Gasteiger partial charge < -0.3 is 34.6 Å². The van der Waals surface area contributed by atoms with Crippen molar-refractivity contribution in [1.29, 1.82) is 0 Å². The zero-order valence-electron chi connectivity index (χ0n) is 17.1. The molecule has 0 saturated carbocycles. The molecule has 0 aromatic heterocycles. The summed E-state index contributed by atoms with van der Waals surface area (Å²) in [5, 5.41) is 22.5. The van der Waals surface area contributed by atoms with Gasteiger partial charge in [0.1, 0.15) is 18.3 Å². The summed E-state index contributed by atoms with van der Waals surface area (Å²) < 4.78 is 17.4. The first-order chi connectivity index (χ1) is 14.4. The van der Waals surface area contributed by atoms with Crippen LogP contribution in [0.4, 0.5) is 0 Å². The monoisotopic (exact) mass is 416 g/mol. The molecule has 3 aliphatic rings. The Kier molecular flexibility index (Phi) is 5.95. The molecule has 0 bridgehead atoms. The van der Waals surface area contributed by atoms with Gasteiger partial charge >= 0.3 is 0 Å². The standard InChI is InChI=1S/C22H28N2O6/c1-22(2)29-19-17(18(16(26)13-25)28-21(19)30-22)23-20(27)15-9-6-10-24(12-15)11-14-7-4-3-5-8-14/h3-8,10,12,16-19,21,25-26H,9,11,13H2,1-2H3,(H,23,27)/t16-,17+,18-,19-,21-/m1/s1. The summed E-state index contributed by atoms with van der Waals surface area (Å²) in [5.74, 6) is -1.12. The third kappa shape index (κ3) is 4.43. The number of hydrogen-bond acceptors (Lipinski definition) is 7. The number of benzene rings is 1. The van der Waals surface area contributed by atoms with Crippen LogP contribution in [0.15, 0.2) is 54.4 Å². The second kappa shape index (κ2) is 8.49. The number of nitrogens with zero attached hydrogens (tertiary/aromatic N) is 1. The number of hydrogen-bond donors (Lipinski definition) is 3. The maximum absolute atomic E-state index is 13.0. The number of nitrogens with one attached hydrogen (secondary N) is 1. The van der Waals surface area contributed by atoms with E-state index in [1.165, 1.54) is 0 Å². The minimum Gasteiger partial charge on any atom is -0.394 e. The van der Waals surface area contributed by atoms with Gasteiger partial charge in [0.25, 0.3) is 0 Å². The maximum Gasteiger partial charge on any atom is 0.249 e. The van der Waals surface area contributed by atoms with Crippen molar-refractivity contribution in [2.24, 2.45) is 0 Å². The number of allylic oxidation sites excluding steroid dienone is 1. The summed E-state index contributed by atoms with van der Waals surface area (Å²) in [4.78, 5) is 15.0. The van der Waals surface area contributed by atoms with Crippen molar-refractivity contribution in [2.75, 3.05) is 6.61 Å². The average molecular weight is 416 g/mol. The van der Waals surface area contributed by atoms with Gasteiger partial charge in [-0.2, -0.15) is 0 Å². The second-order valence-corrected chi connectivity index (χ2v) is 8.22. The first kappa shape index (κ1) is 21.0. The Hall–Kier alpha value is -2.23. The van der Waals surface area contributed by atoms with Gasteiger partial charge in [0.2, 0.25) is 5.91 Å². The van der Waals surface area contributed by atoms with Crippen LogP contribution in [0.3, 0.4) is 0 Å². The Labute approximate surface area is 175 Å². The number of aliphatic hydroxyl groups excluding tert-OH is 2. The molecular formula is C22H28N2O6. The third-order valence-electron chi connectivity index (χ3n) is 5.41. The largest absolute Gasteiger partial charge is 0.394 e. The van der Waals surface area contributed by atoms with Crippen LogP contribution in [0.5, 0.6) is 0 Å². The molecule has 8 heteroatoms. The lowest BCUT2D eigenvalue weighted by atomic mass is 10.0. The number of carbonyl (C=O) groups is 1. The van der Waals surface area contributed by atoms with Crippen molar-refractivity contribution in [2.45, 2.75) is 63.2 Å². The average Bonchev–Trinajstić information content (AvgIpc) is 3.20. The third-order valence-corrected chi connectivity index (χ3v) is 5.41. The van der Waals surface area contributed by atoms with Gasteiger partial charge in [-0.1, -0.05) is 36.4 Å². The lowest BCUT2D eigenvalue weighted by Gasteiger charge is -2.29. The molecule has 1 aromatic carbocycles. The van der Waals surface area contributed by atoms with Gasteiger partial charge in [0.05, 0.1) is 12.6 Å². The van der Waals surface area contributed by atoms with E-state index in [1.54, 1.807) is 13.8 Å². The molecule has 1 amide bonds. The van der Waals surface area contributed by atoms with Crippen LogP contribution < -0.4 is 5.32 Å². The van der Waals surface area contributed by atoms with Crippen molar-refractivity contribution in [3.63, 3.8) is 0 Å². The topological polar surface area (TPSA) is 100 Å². The van der Waals surface area contributed by atoms with Crippen molar-refractivity contribution in [3.05, 3.63) is 59.9 Å². The van der Waals surface area contributed by atoms with Gasteiger partial charge in [0, 0.05) is 24.5 Å². The van der Waals surface area contributed by atoms with Crippen LogP contribution in [-0.4, -0.2) is 64.1 Å². The molecule has 2 fully saturated rings. The molecule has 162 valence electrons. The molecule has 0 aliphatic carbocycles. The second-order valence-electron chi connectivity index (χ2n) is 8.22. The SMILES string of the molecule is CC1(C)O[C@H]2O[C@H]([C@H](O)CO)[C@H](NC(=O)C3=CN(Cc4ccccc4)C=CC3)[C@H]2O1. The fourth-order valence-corrected chi connectivity index (χ4v) is 4.03. The Morgan fingerprint density at radius 1 is 1.30 bits per heavy atom. The number of ether oxygens (including phenoxy) is 3. The summed E-state index contributed by atoms with van der Waals surface area (Å²) in [6, 6.07) is 9.34. The molecule has 1 aromatic rings. The van der Waals surface area contributed by atoms with E-state index in [2.05, 4.69) is 5.32 Å². The fraction of sp³-hybridized carbons (Fsp3) is 0.500. The predicted octanol–water partition coefficient (Wildman–Crippen LogP) is 1.00. The van der Waals surface area contributed by atoms with Gasteiger partial charge in [-0.05, 0) is 25.8 Å². The molecular weight excluding hydrogens is 388 g/mol. The van der Waals surface area contributed by atoms with Gasteiger partial charge in [0.15, 0.2) is 12.1 Å². The molecule has 0 unspecified atom stereocenters. The predicted molar refractivity (Wildman–Crippen MR) is 108 cm³/mol. The highest BCUT2D eigenvalue weighted by Crippen LogP contribution is 2.38. The van der Waals surface area contributed by atoms with E-state index in [4.69, 9.17) is 14.2 Å². The minimum absolute atomic E-state index is 0.268. The number of aliphatic hydroxyl groups is 2. The van der Waals surface area contributed by atoms with Crippen LogP contribution in [0.1, 0.15) is 25.8 Å². The van der Waals surface area contributed by atoms with Crippen molar-refractivity contribution in [1.82, 2.24) is 10.2 Å². The Morgan fingerprint density at radius 3 is 2.80 bits per heavy atom. The number of rotatable bonds is 6. The van der Waals surface area contributed by atoms with E-state index >= 15 is 0 Å². The summed E-state index contributed by atoms with van der Waals surface area (Å²) >= 11 is 0. The summed E-state index contributed by atoms with van der Waals surface area (Å²) in [6.07, 6.45) is 2.92. The van der Waals surface area contributed by atoms with Crippen LogP contribution in [-0.2, 0) is 25.5 Å². The quantitative estimate of drug-likeness (QED) is 0.636. The van der Waals surface area contributed by atoms with E-state index in [0.29, 0.717) is 18.5 Å². The molecule has 3 heterocycles. The molecule has 3 aliphatic heterocycles. The van der Waals surface area contributed by atoms with Crippen LogP contribution in [0.25, 0.3) is 0 Å². The first-order valence-corrected chi connectivity index (χ1v) is 10.1. The maximum atomic E-state index is 13.0. The lowest BCUT2D eigenvalue weighted by Crippen LogP contribution is -2.53. The number of amides is 1. The van der Waals surface area contributed by atoms with Gasteiger partial charge in [-0.25, -0.2) is 0 Å². The van der Waals surface area contributed by atoms with E-state index in [1.807, 2.05) is 53.7 Å². The summed E-state index contributed by atoms with van der Waals surface area (Å²) in [6.45, 7) is 3.69. The highest BCUT2D eigenvalue weighted by molar-refractivity contribution is 5.94. The highest BCUT2D eigenvalue weighted by atomic mass is 16.8. The molecule has 5 atom stereocenters. The molecule has 2 saturated heterocycles. The van der Waals surface area contributed by atoms with Gasteiger partial charge in [-0.3, -0.25) is 4.79 Å². The number of fused-ring (bicyclic) bond motifs is 1. The zero-order valence-corrected chi connectivity index (χ0v) is 17.1. The lowest BCUT2D eigenvalue weighted by molar-refractivity contribution is -0.218. The minimum atomic E-state index is -1.16. The molecule has 3 N–H and O–H groups in total. The Bertz CT molecular complexity index is 824. The van der Waals surface area contributed by atoms with E-state index < -0.39 is 43.0 Å². The van der Waals surface area contributed by atoms with Crippen LogP contribution in [0, 0.1) is 0 Å². The van der Waals surface area contributed by atoms with Gasteiger partial charge in [-0.15, -0.1) is 0 Å². The summed E-state index contributed by atoms with van der Waals surface area (Å²) in [7, 11) is 0. The molecule has 8 nitrogen and oxygen atoms in total. The fourth-order valence-electron chi connectivity index (χ4n) is 4.03.